The van der Waals surface area contributed by atoms with Gasteiger partial charge in [0, 0.05) is 17.3 Å². The van der Waals surface area contributed by atoms with E-state index in [2.05, 4.69) is 10.0 Å². The van der Waals surface area contributed by atoms with Crippen molar-refractivity contribution in [3.8, 4) is 0 Å². The monoisotopic (exact) mass is 460 g/mol. The van der Waals surface area contributed by atoms with Crippen molar-refractivity contribution in [3.63, 3.8) is 0 Å². The number of halogens is 3. The molecule has 3 N–H and O–H groups in total. The van der Waals surface area contributed by atoms with Crippen LogP contribution in [-0.4, -0.2) is 31.6 Å². The molecule has 1 amide bonds. The molecule has 29 heavy (non-hydrogen) atoms. The average molecular weight is 461 g/mol. The minimum Gasteiger partial charge on any atom is -0.393 e. The van der Waals surface area contributed by atoms with Crippen LogP contribution in [0.5, 0.6) is 0 Å². The third-order valence-corrected chi connectivity index (χ3v) is 6.92. The van der Waals surface area contributed by atoms with E-state index in [0.29, 0.717) is 25.7 Å². The van der Waals surface area contributed by atoms with Crippen LogP contribution in [-0.2, 0) is 10.0 Å². The topological polar surface area (TPSA) is 95.5 Å². The minimum absolute atomic E-state index is 0.0322. The third-order valence-electron chi connectivity index (χ3n) is 4.63. The second-order valence-electron chi connectivity index (χ2n) is 6.87. The van der Waals surface area contributed by atoms with E-state index in [1.54, 1.807) is 0 Å². The lowest BCUT2D eigenvalue weighted by Gasteiger charge is -2.26. The molecule has 0 heterocycles. The summed E-state index contributed by atoms with van der Waals surface area (Å²) in [6.07, 6.45) is 1.74. The maximum atomic E-state index is 13.3. The number of nitrogens with one attached hydrogen (secondary N) is 2. The quantitative estimate of drug-likeness (QED) is 0.628. The summed E-state index contributed by atoms with van der Waals surface area (Å²) in [5.41, 5.74) is 0.314. The highest BCUT2D eigenvalue weighted by Gasteiger charge is 2.27. The van der Waals surface area contributed by atoms with E-state index in [4.69, 9.17) is 23.2 Å². The Balaban J connectivity index is 1.81. The van der Waals surface area contributed by atoms with E-state index in [9.17, 15) is 22.7 Å². The molecule has 2 unspecified atom stereocenters. The second kappa shape index (κ2) is 8.97. The zero-order chi connectivity index (χ0) is 21.2. The SMILES string of the molecule is O=C(Nc1ccc(F)c(Cl)c1)c1ccc(Cl)c(S(=O)(=O)NC2CCCC(O)C2)c1. The van der Waals surface area contributed by atoms with Gasteiger partial charge in [-0.2, -0.15) is 0 Å². The number of amides is 1. The van der Waals surface area contributed by atoms with Crippen LogP contribution in [0.3, 0.4) is 0 Å². The molecule has 2 aromatic rings. The Bertz CT molecular complexity index is 1030. The minimum atomic E-state index is -4.00. The molecule has 0 bridgehead atoms. The van der Waals surface area contributed by atoms with E-state index in [0.717, 1.165) is 6.07 Å². The van der Waals surface area contributed by atoms with Crippen molar-refractivity contribution < 1.29 is 22.7 Å². The number of aliphatic hydroxyl groups is 1. The molecule has 2 atom stereocenters. The smallest absolute Gasteiger partial charge is 0.255 e. The molecule has 156 valence electrons. The molecule has 3 rings (SSSR count). The highest BCUT2D eigenvalue weighted by Crippen LogP contribution is 2.26. The van der Waals surface area contributed by atoms with Crippen molar-refractivity contribution in [1.82, 2.24) is 4.72 Å². The molecule has 0 saturated heterocycles. The van der Waals surface area contributed by atoms with Crippen molar-refractivity contribution in [3.05, 3.63) is 57.8 Å². The highest BCUT2D eigenvalue weighted by molar-refractivity contribution is 7.89. The van der Waals surface area contributed by atoms with Crippen molar-refractivity contribution >= 4 is 44.8 Å². The standard InChI is InChI=1S/C19H19Cl2FN2O4S/c20-15-6-4-11(19(26)23-12-5-7-17(22)16(21)10-12)8-18(15)29(27,28)24-13-2-1-3-14(25)9-13/h4-8,10,13-14,24-25H,1-3,9H2,(H,23,26). The first-order valence-electron chi connectivity index (χ1n) is 8.92. The summed E-state index contributed by atoms with van der Waals surface area (Å²) >= 11 is 11.8. The Morgan fingerprint density at radius 3 is 2.55 bits per heavy atom. The highest BCUT2D eigenvalue weighted by atomic mass is 35.5. The first-order valence-corrected chi connectivity index (χ1v) is 11.2. The first-order chi connectivity index (χ1) is 13.7. The van der Waals surface area contributed by atoms with E-state index >= 15 is 0 Å². The summed E-state index contributed by atoms with van der Waals surface area (Å²) in [5, 5.41) is 12.1. The van der Waals surface area contributed by atoms with Gasteiger partial charge in [-0.15, -0.1) is 0 Å². The summed E-state index contributed by atoms with van der Waals surface area (Å²) in [4.78, 5) is 12.3. The van der Waals surface area contributed by atoms with Crippen LogP contribution in [0, 0.1) is 5.82 Å². The summed E-state index contributed by atoms with van der Waals surface area (Å²) < 4.78 is 41.4. The van der Waals surface area contributed by atoms with Gasteiger partial charge in [-0.25, -0.2) is 17.5 Å². The average Bonchev–Trinajstić information content (AvgIpc) is 2.64. The van der Waals surface area contributed by atoms with Gasteiger partial charge in [0.05, 0.1) is 16.1 Å². The predicted molar refractivity (Wildman–Crippen MR) is 109 cm³/mol. The van der Waals surface area contributed by atoms with Crippen molar-refractivity contribution in [1.29, 1.82) is 0 Å². The van der Waals surface area contributed by atoms with Gasteiger partial charge in [-0.1, -0.05) is 23.2 Å². The molecule has 1 saturated carbocycles. The summed E-state index contributed by atoms with van der Waals surface area (Å²) in [6, 6.07) is 7.16. The van der Waals surface area contributed by atoms with Gasteiger partial charge < -0.3 is 10.4 Å². The number of anilines is 1. The largest absolute Gasteiger partial charge is 0.393 e. The van der Waals surface area contributed by atoms with Crippen LogP contribution in [0.15, 0.2) is 41.3 Å². The molecule has 0 aliphatic heterocycles. The fourth-order valence-corrected chi connectivity index (χ4v) is 5.17. The van der Waals surface area contributed by atoms with Gasteiger partial charge in [0.25, 0.3) is 5.91 Å². The van der Waals surface area contributed by atoms with Gasteiger partial charge in [0.1, 0.15) is 10.7 Å². The lowest BCUT2D eigenvalue weighted by molar-refractivity contribution is 0.102. The molecule has 2 aromatic carbocycles. The van der Waals surface area contributed by atoms with E-state index in [1.165, 1.54) is 30.3 Å². The molecular formula is C19H19Cl2FN2O4S. The van der Waals surface area contributed by atoms with Gasteiger partial charge >= 0.3 is 0 Å². The Kier molecular flexibility index (Phi) is 6.80. The first kappa shape index (κ1) is 22.0. The van der Waals surface area contributed by atoms with Crippen LogP contribution in [0.4, 0.5) is 10.1 Å². The zero-order valence-corrected chi connectivity index (χ0v) is 17.5. The molecule has 6 nitrogen and oxygen atoms in total. The Labute approximate surface area is 178 Å². The molecule has 1 aliphatic carbocycles. The lowest BCUT2D eigenvalue weighted by Crippen LogP contribution is -2.39. The molecule has 0 aromatic heterocycles. The van der Waals surface area contributed by atoms with Crippen molar-refractivity contribution in [2.75, 3.05) is 5.32 Å². The predicted octanol–water partition coefficient (Wildman–Crippen LogP) is 3.97. The summed E-state index contributed by atoms with van der Waals surface area (Å²) in [7, 11) is -4.00. The zero-order valence-electron chi connectivity index (χ0n) is 15.2. The van der Waals surface area contributed by atoms with Gasteiger partial charge in [-0.3, -0.25) is 4.79 Å². The summed E-state index contributed by atoms with van der Waals surface area (Å²) in [5.74, 6) is -1.22. The summed E-state index contributed by atoms with van der Waals surface area (Å²) in [6.45, 7) is 0. The number of carbonyl (C=O) groups excluding carboxylic acids is 1. The Morgan fingerprint density at radius 2 is 1.86 bits per heavy atom. The van der Waals surface area contributed by atoms with Crippen LogP contribution in [0.2, 0.25) is 10.0 Å². The fourth-order valence-electron chi connectivity index (χ4n) is 3.18. The molecule has 10 heteroatoms. The van der Waals surface area contributed by atoms with E-state index in [1.807, 2.05) is 0 Å². The number of benzene rings is 2. The molecule has 0 radical (unpaired) electrons. The van der Waals surface area contributed by atoms with Gasteiger partial charge in [0.2, 0.25) is 10.0 Å². The van der Waals surface area contributed by atoms with Crippen LogP contribution in [0.25, 0.3) is 0 Å². The lowest BCUT2D eigenvalue weighted by atomic mass is 9.94. The molecular weight excluding hydrogens is 442 g/mol. The number of rotatable bonds is 5. The number of hydrogen-bond donors (Lipinski definition) is 3. The molecule has 1 fully saturated rings. The van der Waals surface area contributed by atoms with E-state index < -0.39 is 33.9 Å². The van der Waals surface area contributed by atoms with Crippen molar-refractivity contribution in [2.45, 2.75) is 42.7 Å². The van der Waals surface area contributed by atoms with Crippen LogP contribution < -0.4 is 10.0 Å². The Morgan fingerprint density at radius 1 is 1.10 bits per heavy atom. The maximum absolute atomic E-state index is 13.3. The van der Waals surface area contributed by atoms with Gasteiger partial charge in [-0.05, 0) is 62.1 Å². The number of hydrogen-bond acceptors (Lipinski definition) is 4. The molecule has 1 aliphatic rings. The molecule has 0 spiro atoms. The van der Waals surface area contributed by atoms with Crippen LogP contribution in [0.1, 0.15) is 36.0 Å². The van der Waals surface area contributed by atoms with Crippen molar-refractivity contribution in [2.24, 2.45) is 0 Å². The second-order valence-corrected chi connectivity index (χ2v) is 9.36. The maximum Gasteiger partial charge on any atom is 0.255 e. The fraction of sp³-hybridized carbons (Fsp3) is 0.316. The Hall–Kier alpha value is -1.71. The number of sulfonamides is 1. The van der Waals surface area contributed by atoms with Crippen LogP contribution >= 0.6 is 23.2 Å². The number of aliphatic hydroxyl groups excluding tert-OH is 1. The van der Waals surface area contributed by atoms with Gasteiger partial charge in [0.15, 0.2) is 0 Å². The van der Waals surface area contributed by atoms with E-state index in [-0.39, 0.29) is 26.2 Å². The third kappa shape index (κ3) is 5.46. The normalized spacial score (nSPS) is 19.7. The number of carbonyl (C=O) groups is 1.